The van der Waals surface area contributed by atoms with Crippen molar-refractivity contribution >= 4 is 19.7 Å². The summed E-state index contributed by atoms with van der Waals surface area (Å²) >= 11 is 0. The van der Waals surface area contributed by atoms with Crippen LogP contribution in [0.5, 0.6) is 0 Å². The topological polar surface area (TPSA) is 76.7 Å². The predicted octanol–water partition coefficient (Wildman–Crippen LogP) is 0.502. The average molecular weight is 249 g/mol. The lowest BCUT2D eigenvalue weighted by molar-refractivity contribution is 0.701. The molecule has 1 heterocycles. The third-order valence-corrected chi connectivity index (χ3v) is 5.07. The molecular formula is C10H7N3OS2. The molecule has 0 aliphatic carbocycles. The molecule has 0 saturated heterocycles. The van der Waals surface area contributed by atoms with E-state index in [9.17, 15) is 4.21 Å². The quantitative estimate of drug-likeness (QED) is 0.723. The molecule has 0 radical (unpaired) electrons. The van der Waals surface area contributed by atoms with Crippen molar-refractivity contribution in [1.82, 2.24) is 5.32 Å². The molecule has 1 aliphatic rings. The van der Waals surface area contributed by atoms with E-state index in [1.165, 1.54) is 0 Å². The van der Waals surface area contributed by atoms with Gasteiger partial charge >= 0.3 is 0 Å². The van der Waals surface area contributed by atoms with E-state index >= 15 is 0 Å². The number of hydrogen-bond donors (Lipinski definition) is 1. The van der Waals surface area contributed by atoms with Crippen LogP contribution in [0.4, 0.5) is 0 Å². The Labute approximate surface area is 98.9 Å². The predicted molar refractivity (Wildman–Crippen MR) is 63.3 cm³/mol. The first-order chi connectivity index (χ1) is 7.74. The first-order valence-corrected chi connectivity index (χ1v) is 6.67. The van der Waals surface area contributed by atoms with Gasteiger partial charge < -0.3 is 5.32 Å². The zero-order valence-electron chi connectivity index (χ0n) is 8.40. The van der Waals surface area contributed by atoms with Gasteiger partial charge in [0, 0.05) is 18.4 Å². The molecule has 1 atom stereocenters. The van der Waals surface area contributed by atoms with Gasteiger partial charge in [-0.25, -0.2) is 4.21 Å². The van der Waals surface area contributed by atoms with Gasteiger partial charge in [0.25, 0.3) is 0 Å². The van der Waals surface area contributed by atoms with Gasteiger partial charge in [0.2, 0.25) is 0 Å². The number of nitriles is 2. The molecule has 0 aromatic heterocycles. The van der Waals surface area contributed by atoms with Gasteiger partial charge in [0.05, 0.1) is 11.3 Å². The number of nitrogens with zero attached hydrogens (tertiary/aromatic N) is 2. The summed E-state index contributed by atoms with van der Waals surface area (Å²) in [4.78, 5) is 0.884. The van der Waals surface area contributed by atoms with E-state index in [-0.39, 0.29) is 6.42 Å². The molecule has 4 nitrogen and oxygen atoms in total. The van der Waals surface area contributed by atoms with Crippen molar-refractivity contribution in [2.24, 2.45) is 0 Å². The van der Waals surface area contributed by atoms with E-state index in [2.05, 4.69) is 11.2 Å². The first-order valence-electron chi connectivity index (χ1n) is 4.18. The van der Waals surface area contributed by atoms with Crippen molar-refractivity contribution in [1.29, 1.82) is 10.5 Å². The monoisotopic (exact) mass is 249 g/mol. The van der Waals surface area contributed by atoms with Gasteiger partial charge in [-0.05, 0) is 9.45 Å². The molecule has 0 saturated carbocycles. The number of allylic oxidation sites excluding steroid dienone is 3. The molecule has 0 fully saturated rings. The van der Waals surface area contributed by atoms with Crippen molar-refractivity contribution in [2.45, 2.75) is 6.42 Å². The molecule has 0 aromatic carbocycles. The third-order valence-electron chi connectivity index (χ3n) is 1.96. The lowest BCUT2D eigenvalue weighted by Crippen LogP contribution is -2.07. The van der Waals surface area contributed by atoms with Crippen molar-refractivity contribution in [3.05, 3.63) is 21.1 Å². The van der Waals surface area contributed by atoms with Crippen LogP contribution in [0.3, 0.4) is 0 Å². The minimum absolute atomic E-state index is 0.220. The van der Waals surface area contributed by atoms with Crippen LogP contribution in [0, 0.1) is 35.0 Å². The molecule has 1 N–H and O–H groups in total. The van der Waals surface area contributed by atoms with Gasteiger partial charge in [-0.2, -0.15) is 10.5 Å². The number of likely N-dealkylation sites (N-methyl/N-ethyl adjacent to an activating group) is 1. The second kappa shape index (κ2) is 5.32. The van der Waals surface area contributed by atoms with E-state index in [4.69, 9.17) is 16.9 Å². The van der Waals surface area contributed by atoms with E-state index in [0.717, 1.165) is 0 Å². The fourth-order valence-electron chi connectivity index (χ4n) is 1.34. The molecule has 0 spiro atoms. The minimum atomic E-state index is -0.938. The summed E-state index contributed by atoms with van der Waals surface area (Å²) in [5, 5.41) is 20.8. The fourth-order valence-corrected chi connectivity index (χ4v) is 3.99. The molecule has 6 heteroatoms. The van der Waals surface area contributed by atoms with Gasteiger partial charge in [-0.1, -0.05) is 0 Å². The number of nitrogens with one attached hydrogen (secondary N) is 1. The van der Waals surface area contributed by atoms with Gasteiger partial charge in [-0.3, -0.25) is 0 Å². The van der Waals surface area contributed by atoms with E-state index in [1.807, 2.05) is 12.1 Å². The van der Waals surface area contributed by atoms with Crippen molar-refractivity contribution in [3.8, 4) is 24.5 Å². The zero-order valence-corrected chi connectivity index (χ0v) is 10.0. The molecule has 0 aromatic rings. The third kappa shape index (κ3) is 1.79. The summed E-state index contributed by atoms with van der Waals surface area (Å²) in [6, 6.07) is 3.96. The summed E-state index contributed by atoms with van der Waals surface area (Å²) in [5.74, 6) is 2.41. The Kier molecular flexibility index (Phi) is 4.08. The zero-order chi connectivity index (χ0) is 12.1. The first kappa shape index (κ1) is 12.3. The van der Waals surface area contributed by atoms with Crippen LogP contribution in [-0.4, -0.2) is 11.3 Å². The highest BCUT2D eigenvalue weighted by molar-refractivity contribution is 8.35. The van der Waals surface area contributed by atoms with Gasteiger partial charge in [0.15, 0.2) is 0 Å². The minimum Gasteiger partial charge on any atom is -0.386 e. The van der Waals surface area contributed by atoms with Crippen molar-refractivity contribution < 1.29 is 4.21 Å². The highest BCUT2D eigenvalue weighted by atomic mass is 32.8. The SMILES string of the molecule is C#CCC1=C(C#N)C(NC)=C(C#N)S1=S=O. The second-order valence-corrected chi connectivity index (χ2v) is 5.68. The number of hydrogen-bond acceptors (Lipinski definition) is 4. The Bertz CT molecular complexity index is 575. The maximum Gasteiger partial charge on any atom is 0.130 e. The van der Waals surface area contributed by atoms with Crippen LogP contribution in [0.2, 0.25) is 0 Å². The standard InChI is InChI=1S/C10H7N3OS2/c1-3-4-8-7(5-11)10(13-2)9(6-12)16(8)15-14/h1,13H,4H2,2H3. The van der Waals surface area contributed by atoms with Crippen LogP contribution in [-0.2, 0) is 19.7 Å². The molecule has 0 bridgehead atoms. The largest absolute Gasteiger partial charge is 0.386 e. The summed E-state index contributed by atoms with van der Waals surface area (Å²) in [6.07, 6.45) is 5.41. The molecule has 1 unspecified atom stereocenters. The van der Waals surface area contributed by atoms with Crippen LogP contribution >= 0.6 is 0 Å². The normalized spacial score (nSPS) is 18.8. The molecule has 1 rings (SSSR count). The Morgan fingerprint density at radius 1 is 1.50 bits per heavy atom. The van der Waals surface area contributed by atoms with Crippen LogP contribution in [0.1, 0.15) is 6.42 Å². The van der Waals surface area contributed by atoms with Gasteiger partial charge in [-0.15, -0.1) is 12.3 Å². The molecular weight excluding hydrogens is 242 g/mol. The Hall–Kier alpha value is -1.81. The van der Waals surface area contributed by atoms with Crippen LogP contribution < -0.4 is 5.32 Å². The highest BCUT2D eigenvalue weighted by Gasteiger charge is 2.28. The lowest BCUT2D eigenvalue weighted by Gasteiger charge is -1.99. The summed E-state index contributed by atoms with van der Waals surface area (Å²) < 4.78 is 11.0. The maximum absolute atomic E-state index is 11.0. The second-order valence-electron chi connectivity index (χ2n) is 2.69. The summed E-state index contributed by atoms with van der Waals surface area (Å²) in [5.41, 5.74) is 0.769. The summed E-state index contributed by atoms with van der Waals surface area (Å²) in [7, 11) is 0.977. The summed E-state index contributed by atoms with van der Waals surface area (Å²) in [6.45, 7) is 0. The Morgan fingerprint density at radius 3 is 2.56 bits per heavy atom. The van der Waals surface area contributed by atoms with E-state index in [1.54, 1.807) is 7.05 Å². The fraction of sp³-hybridized carbons (Fsp3) is 0.200. The van der Waals surface area contributed by atoms with E-state index < -0.39 is 9.45 Å². The molecule has 80 valence electrons. The number of terminal acetylenes is 1. The number of rotatable bonds is 2. The van der Waals surface area contributed by atoms with Crippen LogP contribution in [0.25, 0.3) is 0 Å². The van der Waals surface area contributed by atoms with Gasteiger partial charge in [0.1, 0.15) is 27.3 Å². The molecule has 1 aliphatic heterocycles. The van der Waals surface area contributed by atoms with Crippen LogP contribution in [0.15, 0.2) is 21.1 Å². The Morgan fingerprint density at radius 2 is 2.19 bits per heavy atom. The Balaban J connectivity index is 3.55. The van der Waals surface area contributed by atoms with Crippen molar-refractivity contribution in [3.63, 3.8) is 0 Å². The molecule has 0 amide bonds. The highest BCUT2D eigenvalue weighted by Crippen LogP contribution is 2.32. The lowest BCUT2D eigenvalue weighted by atomic mass is 10.1. The molecule has 16 heavy (non-hydrogen) atoms. The average Bonchev–Trinajstić information content (AvgIpc) is 2.61. The maximum atomic E-state index is 11.0. The van der Waals surface area contributed by atoms with E-state index in [0.29, 0.717) is 31.3 Å². The van der Waals surface area contributed by atoms with Crippen molar-refractivity contribution in [2.75, 3.05) is 7.05 Å². The smallest absolute Gasteiger partial charge is 0.130 e.